The first-order chi connectivity index (χ1) is 15.5. The van der Waals surface area contributed by atoms with E-state index in [9.17, 15) is 9.90 Å². The molecular formula is C28H48O5Si. The van der Waals surface area contributed by atoms with E-state index in [-0.39, 0.29) is 46.0 Å². The van der Waals surface area contributed by atoms with Crippen molar-refractivity contribution < 1.29 is 23.8 Å². The van der Waals surface area contributed by atoms with Gasteiger partial charge in [0.2, 0.25) is 0 Å². The van der Waals surface area contributed by atoms with Crippen LogP contribution >= 0.6 is 0 Å². The highest BCUT2D eigenvalue weighted by Gasteiger charge is 2.74. The highest BCUT2D eigenvalue weighted by Crippen LogP contribution is 2.70. The minimum absolute atomic E-state index is 0.0143. The van der Waals surface area contributed by atoms with Crippen molar-refractivity contribution in [3.05, 3.63) is 0 Å². The van der Waals surface area contributed by atoms with Crippen LogP contribution in [-0.2, 0) is 18.7 Å². The highest BCUT2D eigenvalue weighted by atomic mass is 28.4. The van der Waals surface area contributed by atoms with E-state index < -0.39 is 19.7 Å². The summed E-state index contributed by atoms with van der Waals surface area (Å²) in [5, 5.41) is 12.9. The second-order valence-electron chi connectivity index (χ2n) is 14.8. The van der Waals surface area contributed by atoms with Gasteiger partial charge in [0.15, 0.2) is 14.1 Å². The molecule has 1 aliphatic heterocycles. The van der Waals surface area contributed by atoms with Gasteiger partial charge < -0.3 is 19.0 Å². The molecule has 3 unspecified atom stereocenters. The van der Waals surface area contributed by atoms with Gasteiger partial charge in [-0.2, -0.15) is 0 Å². The van der Waals surface area contributed by atoms with E-state index in [4.69, 9.17) is 13.9 Å². The molecule has 194 valence electrons. The van der Waals surface area contributed by atoms with Crippen molar-refractivity contribution in [3.63, 3.8) is 0 Å². The maximum atomic E-state index is 12.7. The van der Waals surface area contributed by atoms with Crippen LogP contribution in [0.3, 0.4) is 0 Å². The highest BCUT2D eigenvalue weighted by molar-refractivity contribution is 6.74. The molecule has 0 spiro atoms. The van der Waals surface area contributed by atoms with Gasteiger partial charge in [-0.1, -0.05) is 34.6 Å². The van der Waals surface area contributed by atoms with Gasteiger partial charge in [-0.3, -0.25) is 4.79 Å². The van der Waals surface area contributed by atoms with Crippen molar-refractivity contribution in [3.8, 4) is 0 Å². The molecular weight excluding hydrogens is 444 g/mol. The minimum atomic E-state index is -1.91. The monoisotopic (exact) mass is 492 g/mol. The Balaban J connectivity index is 1.54. The third kappa shape index (κ3) is 3.34. The van der Waals surface area contributed by atoms with Crippen LogP contribution < -0.4 is 0 Å². The summed E-state index contributed by atoms with van der Waals surface area (Å²) in [7, 11) is -1.91. The SMILES string of the molecule is CC1(C)O[C@@H]2C3CC(=O)CC[C@]3(C)[C@@]3(O)CC[C@@]4(C)C(CC[C@@H]4O[Si](C)(C)C(C)(C)C)C3[C@H]2O1. The predicted octanol–water partition coefficient (Wildman–Crippen LogP) is 5.84. The van der Waals surface area contributed by atoms with Gasteiger partial charge >= 0.3 is 0 Å². The van der Waals surface area contributed by atoms with Gasteiger partial charge in [0, 0.05) is 30.1 Å². The number of fused-ring (bicyclic) bond motifs is 8. The second kappa shape index (κ2) is 7.40. The molecule has 4 aliphatic carbocycles. The third-order valence-corrected chi connectivity index (χ3v) is 16.2. The number of aliphatic hydroxyl groups is 1. The number of carbonyl (C=O) groups is 1. The quantitative estimate of drug-likeness (QED) is 0.490. The maximum Gasteiger partial charge on any atom is 0.192 e. The molecule has 0 aromatic rings. The van der Waals surface area contributed by atoms with Crippen LogP contribution in [-0.4, -0.2) is 48.9 Å². The summed E-state index contributed by atoms with van der Waals surface area (Å²) in [6.07, 6.45) is 5.62. The molecule has 34 heavy (non-hydrogen) atoms. The fraction of sp³-hybridized carbons (Fsp3) is 0.964. The fourth-order valence-electron chi connectivity index (χ4n) is 8.60. The van der Waals surface area contributed by atoms with E-state index in [1.807, 2.05) is 13.8 Å². The Morgan fingerprint density at radius 3 is 2.26 bits per heavy atom. The largest absolute Gasteiger partial charge is 0.413 e. The molecule has 0 aromatic heterocycles. The lowest BCUT2D eigenvalue weighted by atomic mass is 9.41. The Morgan fingerprint density at radius 2 is 1.62 bits per heavy atom. The molecule has 1 heterocycles. The molecule has 5 rings (SSSR count). The summed E-state index contributed by atoms with van der Waals surface area (Å²) in [5.74, 6) is -0.0134. The molecule has 0 bridgehead atoms. The van der Waals surface area contributed by atoms with Crippen LogP contribution in [0.15, 0.2) is 0 Å². The maximum absolute atomic E-state index is 12.7. The normalized spacial score (nSPS) is 50.4. The van der Waals surface area contributed by atoms with E-state index >= 15 is 0 Å². The van der Waals surface area contributed by atoms with E-state index in [0.717, 1.165) is 32.1 Å². The Kier molecular flexibility index (Phi) is 5.52. The number of rotatable bonds is 2. The van der Waals surface area contributed by atoms with Gasteiger partial charge in [-0.05, 0) is 75.4 Å². The van der Waals surface area contributed by atoms with E-state index in [0.29, 0.717) is 24.5 Å². The van der Waals surface area contributed by atoms with Gasteiger partial charge in [-0.15, -0.1) is 0 Å². The van der Waals surface area contributed by atoms with Crippen molar-refractivity contribution >= 4 is 14.1 Å². The Labute approximate surface area is 207 Å². The first-order valence-corrected chi connectivity index (χ1v) is 16.6. The van der Waals surface area contributed by atoms with Crippen LogP contribution in [0.25, 0.3) is 0 Å². The van der Waals surface area contributed by atoms with Gasteiger partial charge in [0.1, 0.15) is 5.78 Å². The third-order valence-electron chi connectivity index (χ3n) is 11.7. The lowest BCUT2D eigenvalue weighted by Gasteiger charge is -2.66. The molecule has 4 saturated carbocycles. The van der Waals surface area contributed by atoms with Crippen LogP contribution in [0.5, 0.6) is 0 Å². The molecule has 9 atom stereocenters. The molecule has 0 aromatic carbocycles. The van der Waals surface area contributed by atoms with E-state index in [1.165, 1.54) is 0 Å². The average molecular weight is 493 g/mol. The van der Waals surface area contributed by atoms with Crippen molar-refractivity contribution in [2.45, 2.75) is 141 Å². The summed E-state index contributed by atoms with van der Waals surface area (Å²) in [6.45, 7) is 20.3. The molecule has 5 fully saturated rings. The standard InChI is InChI=1S/C28H48O5Si/c1-24(2,3)34(8,9)33-20-11-10-18-21-23-22(31-25(4,5)32-23)19-16-17(29)12-13-27(19,7)28(21,30)15-14-26(18,20)6/h18-23,30H,10-16H2,1-9H3/t18?,19?,20-,21?,22+,23+,26-,27-,28+/m0/s1. The number of hydrogen-bond donors (Lipinski definition) is 1. The fourth-order valence-corrected chi connectivity index (χ4v) is 10.0. The van der Waals surface area contributed by atoms with Crippen LogP contribution in [0.4, 0.5) is 0 Å². The predicted molar refractivity (Wildman–Crippen MR) is 135 cm³/mol. The number of ether oxygens (including phenoxy) is 2. The number of Topliss-reactive ketones (excluding diaryl/α,β-unsaturated/α-hetero) is 1. The zero-order chi connectivity index (χ0) is 25.1. The van der Waals surface area contributed by atoms with E-state index in [2.05, 4.69) is 47.7 Å². The minimum Gasteiger partial charge on any atom is -0.413 e. The molecule has 1 saturated heterocycles. The zero-order valence-electron chi connectivity index (χ0n) is 23.0. The average Bonchev–Trinajstić information content (AvgIpc) is 3.19. The summed E-state index contributed by atoms with van der Waals surface area (Å²) in [4.78, 5) is 12.6. The molecule has 0 amide bonds. The lowest BCUT2D eigenvalue weighted by molar-refractivity contribution is -0.272. The van der Waals surface area contributed by atoms with Crippen LogP contribution in [0.2, 0.25) is 18.1 Å². The van der Waals surface area contributed by atoms with Crippen LogP contribution in [0, 0.1) is 28.6 Å². The van der Waals surface area contributed by atoms with Crippen molar-refractivity contribution in [1.29, 1.82) is 0 Å². The summed E-state index contributed by atoms with van der Waals surface area (Å²) in [6, 6.07) is 0. The van der Waals surface area contributed by atoms with Crippen molar-refractivity contribution in [2.75, 3.05) is 0 Å². The molecule has 0 radical (unpaired) electrons. The lowest BCUT2D eigenvalue weighted by Crippen LogP contribution is -2.72. The number of ketones is 1. The first kappa shape index (κ1) is 25.4. The van der Waals surface area contributed by atoms with Crippen molar-refractivity contribution in [1.82, 2.24) is 0 Å². The first-order valence-electron chi connectivity index (χ1n) is 13.7. The number of hydrogen-bond acceptors (Lipinski definition) is 5. The Hall–Kier alpha value is -0.273. The topological polar surface area (TPSA) is 65.0 Å². The van der Waals surface area contributed by atoms with Gasteiger partial charge in [0.25, 0.3) is 0 Å². The second-order valence-corrected chi connectivity index (χ2v) is 19.6. The smallest absolute Gasteiger partial charge is 0.192 e. The molecule has 1 N–H and O–H groups in total. The summed E-state index contributed by atoms with van der Waals surface area (Å²) < 4.78 is 20.3. The summed E-state index contributed by atoms with van der Waals surface area (Å²) >= 11 is 0. The zero-order valence-corrected chi connectivity index (χ0v) is 24.0. The number of carbonyl (C=O) groups excluding carboxylic acids is 1. The van der Waals surface area contributed by atoms with Crippen LogP contribution in [0.1, 0.15) is 93.4 Å². The van der Waals surface area contributed by atoms with E-state index in [1.54, 1.807) is 0 Å². The van der Waals surface area contributed by atoms with Gasteiger partial charge in [-0.25, -0.2) is 0 Å². The van der Waals surface area contributed by atoms with Crippen molar-refractivity contribution in [2.24, 2.45) is 28.6 Å². The van der Waals surface area contributed by atoms with Gasteiger partial charge in [0.05, 0.1) is 23.9 Å². The molecule has 6 heteroatoms. The summed E-state index contributed by atoms with van der Waals surface area (Å²) in [5.41, 5.74) is -1.13. The molecule has 5 aliphatic rings. The molecule has 5 nitrogen and oxygen atoms in total. The Bertz CT molecular complexity index is 863. The Morgan fingerprint density at radius 1 is 0.971 bits per heavy atom.